The molecule has 0 spiro atoms. The summed E-state index contributed by atoms with van der Waals surface area (Å²) in [6.45, 7) is 4.01. The van der Waals surface area contributed by atoms with Gasteiger partial charge < -0.3 is 10.2 Å². The van der Waals surface area contributed by atoms with Crippen LogP contribution in [0.2, 0.25) is 0 Å². The highest BCUT2D eigenvalue weighted by Gasteiger charge is 2.09. The minimum Gasteiger partial charge on any atom is -0.436 e. The first-order valence-electron chi connectivity index (χ1n) is 5.87. The third-order valence-corrected chi connectivity index (χ3v) is 3.07. The maximum atomic E-state index is 5.91. The highest BCUT2D eigenvalue weighted by atomic mass is 16.3. The summed E-state index contributed by atoms with van der Waals surface area (Å²) < 4.78 is 5.76. The molecule has 3 aromatic rings. The molecule has 0 saturated carbocycles. The lowest BCUT2D eigenvalue weighted by molar-refractivity contribution is 0.619. The van der Waals surface area contributed by atoms with Gasteiger partial charge in [0.25, 0.3) is 0 Å². The SMILES string of the molecule is Cc1ccc2nc(-c3ccc(C)c(N)c3)oc2c1. The van der Waals surface area contributed by atoms with Crippen LogP contribution in [0, 0.1) is 13.8 Å². The van der Waals surface area contributed by atoms with Crippen LogP contribution in [0.5, 0.6) is 0 Å². The van der Waals surface area contributed by atoms with E-state index in [-0.39, 0.29) is 0 Å². The minimum atomic E-state index is 0.613. The van der Waals surface area contributed by atoms with Crippen molar-refractivity contribution in [2.75, 3.05) is 5.73 Å². The van der Waals surface area contributed by atoms with E-state index in [1.54, 1.807) is 0 Å². The molecule has 0 aliphatic rings. The monoisotopic (exact) mass is 238 g/mol. The molecule has 0 saturated heterocycles. The Labute approximate surface area is 105 Å². The van der Waals surface area contributed by atoms with Gasteiger partial charge in [0.2, 0.25) is 5.89 Å². The summed E-state index contributed by atoms with van der Waals surface area (Å²) in [7, 11) is 0. The van der Waals surface area contributed by atoms with E-state index < -0.39 is 0 Å². The highest BCUT2D eigenvalue weighted by Crippen LogP contribution is 2.27. The summed E-state index contributed by atoms with van der Waals surface area (Å²) in [5, 5.41) is 0. The minimum absolute atomic E-state index is 0.613. The average Bonchev–Trinajstić information content (AvgIpc) is 2.75. The molecular weight excluding hydrogens is 224 g/mol. The number of hydrogen-bond donors (Lipinski definition) is 1. The Hall–Kier alpha value is -2.29. The van der Waals surface area contributed by atoms with E-state index in [1.165, 1.54) is 0 Å². The number of benzene rings is 2. The van der Waals surface area contributed by atoms with Crippen LogP contribution >= 0.6 is 0 Å². The lowest BCUT2D eigenvalue weighted by Gasteiger charge is -2.00. The number of anilines is 1. The number of hydrogen-bond acceptors (Lipinski definition) is 3. The second kappa shape index (κ2) is 3.88. The van der Waals surface area contributed by atoms with Gasteiger partial charge in [-0.1, -0.05) is 12.1 Å². The largest absolute Gasteiger partial charge is 0.436 e. The van der Waals surface area contributed by atoms with Crippen molar-refractivity contribution in [3.05, 3.63) is 47.5 Å². The van der Waals surface area contributed by atoms with Crippen molar-refractivity contribution in [1.82, 2.24) is 4.98 Å². The Morgan fingerprint density at radius 2 is 1.89 bits per heavy atom. The Bertz CT molecular complexity index is 728. The fourth-order valence-electron chi connectivity index (χ4n) is 1.93. The third-order valence-electron chi connectivity index (χ3n) is 3.07. The molecule has 0 radical (unpaired) electrons. The van der Waals surface area contributed by atoms with Gasteiger partial charge >= 0.3 is 0 Å². The van der Waals surface area contributed by atoms with Crippen LogP contribution in [-0.4, -0.2) is 4.98 Å². The molecule has 18 heavy (non-hydrogen) atoms. The first-order chi connectivity index (χ1) is 8.63. The van der Waals surface area contributed by atoms with E-state index >= 15 is 0 Å². The molecule has 0 aliphatic heterocycles. The van der Waals surface area contributed by atoms with Crippen molar-refractivity contribution in [3.8, 4) is 11.5 Å². The van der Waals surface area contributed by atoms with E-state index in [9.17, 15) is 0 Å². The number of nitrogens with two attached hydrogens (primary N) is 1. The number of nitrogen functional groups attached to an aromatic ring is 1. The summed E-state index contributed by atoms with van der Waals surface area (Å²) in [5.41, 5.74) is 11.5. The van der Waals surface area contributed by atoms with Gasteiger partial charge in [0.05, 0.1) is 0 Å². The van der Waals surface area contributed by atoms with E-state index in [0.29, 0.717) is 5.89 Å². The van der Waals surface area contributed by atoms with Crippen LogP contribution in [-0.2, 0) is 0 Å². The molecule has 0 aliphatic carbocycles. The van der Waals surface area contributed by atoms with E-state index in [4.69, 9.17) is 10.2 Å². The molecule has 2 aromatic carbocycles. The second-order valence-corrected chi connectivity index (χ2v) is 4.56. The van der Waals surface area contributed by atoms with Crippen LogP contribution < -0.4 is 5.73 Å². The molecular formula is C15H14N2O. The lowest BCUT2D eigenvalue weighted by atomic mass is 10.1. The summed E-state index contributed by atoms with van der Waals surface area (Å²) in [4.78, 5) is 4.47. The highest BCUT2D eigenvalue weighted by molar-refractivity contribution is 5.77. The molecule has 2 N–H and O–H groups in total. The summed E-state index contributed by atoms with van der Waals surface area (Å²) in [6.07, 6.45) is 0. The Kier molecular flexibility index (Phi) is 2.33. The van der Waals surface area contributed by atoms with Crippen LogP contribution in [0.1, 0.15) is 11.1 Å². The molecule has 3 nitrogen and oxygen atoms in total. The normalized spacial score (nSPS) is 11.0. The number of fused-ring (bicyclic) bond motifs is 1. The fraction of sp³-hybridized carbons (Fsp3) is 0.133. The maximum absolute atomic E-state index is 5.91. The topological polar surface area (TPSA) is 52.0 Å². The van der Waals surface area contributed by atoms with Crippen molar-refractivity contribution >= 4 is 16.8 Å². The van der Waals surface area contributed by atoms with E-state index in [2.05, 4.69) is 4.98 Å². The van der Waals surface area contributed by atoms with Crippen LogP contribution in [0.3, 0.4) is 0 Å². The zero-order valence-corrected chi connectivity index (χ0v) is 10.4. The van der Waals surface area contributed by atoms with E-state index in [1.807, 2.05) is 50.2 Å². The molecule has 1 aromatic heterocycles. The molecule has 0 fully saturated rings. The van der Waals surface area contributed by atoms with Crippen molar-refractivity contribution in [1.29, 1.82) is 0 Å². The molecule has 0 amide bonds. The number of aromatic nitrogens is 1. The third kappa shape index (κ3) is 1.74. The van der Waals surface area contributed by atoms with Gasteiger partial charge in [-0.25, -0.2) is 4.98 Å². The summed E-state index contributed by atoms with van der Waals surface area (Å²) in [6, 6.07) is 11.8. The predicted octanol–water partition coefficient (Wildman–Crippen LogP) is 3.69. The van der Waals surface area contributed by atoms with Crippen molar-refractivity contribution in [2.24, 2.45) is 0 Å². The number of aryl methyl sites for hydroxylation is 2. The van der Waals surface area contributed by atoms with Gasteiger partial charge in [-0.05, 0) is 49.2 Å². The van der Waals surface area contributed by atoms with Gasteiger partial charge in [0, 0.05) is 11.3 Å². The van der Waals surface area contributed by atoms with Gasteiger partial charge in [0.15, 0.2) is 5.58 Å². The zero-order chi connectivity index (χ0) is 12.7. The van der Waals surface area contributed by atoms with Gasteiger partial charge in [-0.15, -0.1) is 0 Å². The maximum Gasteiger partial charge on any atom is 0.227 e. The number of oxazole rings is 1. The van der Waals surface area contributed by atoms with Crippen molar-refractivity contribution in [3.63, 3.8) is 0 Å². The lowest BCUT2D eigenvalue weighted by Crippen LogP contribution is -1.89. The molecule has 3 rings (SSSR count). The average molecular weight is 238 g/mol. The Morgan fingerprint density at radius 1 is 1.06 bits per heavy atom. The summed E-state index contributed by atoms with van der Waals surface area (Å²) in [5.74, 6) is 0.613. The van der Waals surface area contributed by atoms with Gasteiger partial charge in [0.1, 0.15) is 5.52 Å². The van der Waals surface area contributed by atoms with Crippen LogP contribution in [0.4, 0.5) is 5.69 Å². The van der Waals surface area contributed by atoms with Gasteiger partial charge in [-0.2, -0.15) is 0 Å². The number of nitrogens with zero attached hydrogens (tertiary/aromatic N) is 1. The van der Waals surface area contributed by atoms with Crippen LogP contribution in [0.25, 0.3) is 22.6 Å². The molecule has 90 valence electrons. The van der Waals surface area contributed by atoms with Crippen molar-refractivity contribution in [2.45, 2.75) is 13.8 Å². The first kappa shape index (κ1) is 10.8. The standard InChI is InChI=1S/C15H14N2O/c1-9-3-6-13-14(7-9)18-15(17-13)11-5-4-10(2)12(16)8-11/h3-8H,16H2,1-2H3. The second-order valence-electron chi connectivity index (χ2n) is 4.56. The van der Waals surface area contributed by atoms with Crippen molar-refractivity contribution < 1.29 is 4.42 Å². The fourth-order valence-corrected chi connectivity index (χ4v) is 1.93. The first-order valence-corrected chi connectivity index (χ1v) is 5.87. The molecule has 0 bridgehead atoms. The van der Waals surface area contributed by atoms with E-state index in [0.717, 1.165) is 33.5 Å². The Balaban J connectivity index is 2.16. The smallest absolute Gasteiger partial charge is 0.227 e. The zero-order valence-electron chi connectivity index (χ0n) is 10.4. The quantitative estimate of drug-likeness (QED) is 0.658. The molecule has 0 atom stereocenters. The molecule has 3 heteroatoms. The van der Waals surface area contributed by atoms with Crippen LogP contribution in [0.15, 0.2) is 40.8 Å². The molecule has 1 heterocycles. The van der Waals surface area contributed by atoms with Gasteiger partial charge in [-0.3, -0.25) is 0 Å². The predicted molar refractivity (Wildman–Crippen MR) is 73.3 cm³/mol. The molecule has 0 unspecified atom stereocenters. The number of rotatable bonds is 1. The Morgan fingerprint density at radius 3 is 2.67 bits per heavy atom. The summed E-state index contributed by atoms with van der Waals surface area (Å²) >= 11 is 0.